The molecule has 0 atom stereocenters. The summed E-state index contributed by atoms with van der Waals surface area (Å²) in [4.78, 5) is 92.5. The average molecular weight is 530 g/mol. The number of likely N-dealkylation sites (tertiary alicyclic amines) is 1. The van der Waals surface area contributed by atoms with Crippen molar-refractivity contribution in [2.75, 3.05) is 37.6 Å². The third kappa shape index (κ3) is 5.79. The summed E-state index contributed by atoms with van der Waals surface area (Å²) < 4.78 is 0. The first-order chi connectivity index (χ1) is 18.2. The van der Waals surface area contributed by atoms with Crippen molar-refractivity contribution < 1.29 is 38.5 Å². The number of unbranched alkanes of at least 4 members (excludes halogenated alkanes) is 1. The number of hydrogen-bond donors (Lipinski definition) is 0. The first kappa shape index (κ1) is 26.7. The summed E-state index contributed by atoms with van der Waals surface area (Å²) in [5.41, 5.74) is -0.425. The highest BCUT2D eigenvalue weighted by Crippen LogP contribution is 2.28. The monoisotopic (exact) mass is 529 g/mol. The third-order valence-corrected chi connectivity index (χ3v) is 6.75. The second-order valence-corrected chi connectivity index (χ2v) is 9.18. The van der Waals surface area contributed by atoms with Gasteiger partial charge in [0, 0.05) is 76.6 Å². The van der Waals surface area contributed by atoms with E-state index in [1.807, 2.05) is 4.90 Å². The summed E-state index contributed by atoms with van der Waals surface area (Å²) in [5.74, 6) is -2.96. The van der Waals surface area contributed by atoms with Crippen LogP contribution in [0, 0.1) is 10.1 Å². The molecule has 0 bridgehead atoms. The number of nitro groups is 1. The van der Waals surface area contributed by atoms with Gasteiger partial charge in [-0.1, -0.05) is 0 Å². The lowest BCUT2D eigenvalue weighted by molar-refractivity contribution is -0.385. The first-order valence-corrected chi connectivity index (χ1v) is 12.4. The lowest BCUT2D eigenvalue weighted by Crippen LogP contribution is -2.48. The molecule has 38 heavy (non-hydrogen) atoms. The van der Waals surface area contributed by atoms with E-state index in [4.69, 9.17) is 4.84 Å². The lowest BCUT2D eigenvalue weighted by atomic mass is 10.1. The Kier molecular flexibility index (Phi) is 7.98. The van der Waals surface area contributed by atoms with E-state index in [9.17, 15) is 38.9 Å². The van der Waals surface area contributed by atoms with Crippen LogP contribution in [0.5, 0.6) is 0 Å². The largest absolute Gasteiger partial charge is 0.370 e. The minimum atomic E-state index is -1.19. The van der Waals surface area contributed by atoms with Gasteiger partial charge in [0.2, 0.25) is 17.7 Å². The zero-order valence-corrected chi connectivity index (χ0v) is 20.6. The second kappa shape index (κ2) is 11.4. The minimum absolute atomic E-state index is 0.0448. The van der Waals surface area contributed by atoms with E-state index in [1.165, 1.54) is 17.0 Å². The van der Waals surface area contributed by atoms with Gasteiger partial charge in [-0.25, -0.2) is 4.79 Å². The molecule has 3 fully saturated rings. The summed E-state index contributed by atoms with van der Waals surface area (Å²) in [6.45, 7) is 1.95. The van der Waals surface area contributed by atoms with Gasteiger partial charge < -0.3 is 14.6 Å². The van der Waals surface area contributed by atoms with E-state index in [0.29, 0.717) is 56.3 Å². The fourth-order valence-corrected chi connectivity index (χ4v) is 4.62. The van der Waals surface area contributed by atoms with Crippen molar-refractivity contribution in [2.24, 2.45) is 0 Å². The van der Waals surface area contributed by atoms with Crippen LogP contribution in [0.4, 0.5) is 11.4 Å². The van der Waals surface area contributed by atoms with Gasteiger partial charge in [-0.2, -0.15) is 0 Å². The van der Waals surface area contributed by atoms with E-state index < -0.39 is 34.0 Å². The van der Waals surface area contributed by atoms with Gasteiger partial charge in [-0.3, -0.25) is 39.0 Å². The molecule has 0 N–H and O–H groups in total. The molecule has 0 aromatic heterocycles. The smallest absolute Gasteiger partial charge is 0.368 e. The van der Waals surface area contributed by atoms with Gasteiger partial charge in [0.15, 0.2) is 0 Å². The molecule has 3 saturated heterocycles. The fraction of sp³-hybridized carbons (Fsp3) is 0.500. The summed E-state index contributed by atoms with van der Waals surface area (Å²) in [6, 6.07) is 3.93. The van der Waals surface area contributed by atoms with Crippen LogP contribution in [0.25, 0.3) is 0 Å². The Labute approximate surface area is 217 Å². The first-order valence-electron chi connectivity index (χ1n) is 12.4. The molecule has 3 aliphatic rings. The van der Waals surface area contributed by atoms with Crippen LogP contribution in [0.3, 0.4) is 0 Å². The van der Waals surface area contributed by atoms with E-state index >= 15 is 0 Å². The van der Waals surface area contributed by atoms with E-state index in [-0.39, 0.29) is 49.8 Å². The third-order valence-electron chi connectivity index (χ3n) is 6.75. The number of hydrogen-bond acceptors (Lipinski definition) is 10. The molecule has 5 amide bonds. The van der Waals surface area contributed by atoms with Crippen LogP contribution in [-0.2, 0) is 28.8 Å². The highest BCUT2D eigenvalue weighted by molar-refractivity contribution is 6.04. The molecule has 3 heterocycles. The molecular formula is C24H27N5O9. The Morgan fingerprint density at radius 1 is 0.868 bits per heavy atom. The number of rotatable bonds is 9. The van der Waals surface area contributed by atoms with Crippen LogP contribution in [0.1, 0.15) is 55.3 Å². The van der Waals surface area contributed by atoms with Crippen LogP contribution in [-0.4, -0.2) is 88.0 Å². The number of hydroxylamine groups is 2. The maximum absolute atomic E-state index is 12.7. The van der Waals surface area contributed by atoms with E-state index in [2.05, 4.69) is 0 Å². The highest BCUT2D eigenvalue weighted by atomic mass is 16.7. The molecule has 0 saturated carbocycles. The number of benzene rings is 1. The Bertz CT molecular complexity index is 1160. The second-order valence-electron chi connectivity index (χ2n) is 9.18. The van der Waals surface area contributed by atoms with Gasteiger partial charge in [0.1, 0.15) is 5.56 Å². The molecule has 1 aromatic rings. The molecule has 4 rings (SSSR count). The predicted octanol–water partition coefficient (Wildman–Crippen LogP) is 0.784. The molecule has 0 radical (unpaired) electrons. The zero-order valence-electron chi connectivity index (χ0n) is 20.6. The maximum Gasteiger partial charge on any atom is 0.370 e. The number of carbonyl (C=O) groups excluding carboxylic acids is 6. The molecule has 202 valence electrons. The molecular weight excluding hydrogens is 502 g/mol. The topological polar surface area (TPSA) is 168 Å². The number of nitro benzene ring substituents is 1. The molecule has 0 spiro atoms. The normalized spacial score (nSPS) is 18.0. The van der Waals surface area contributed by atoms with Crippen LogP contribution in [0.2, 0.25) is 0 Å². The van der Waals surface area contributed by atoms with Crippen molar-refractivity contribution >= 4 is 46.9 Å². The van der Waals surface area contributed by atoms with Crippen molar-refractivity contribution in [3.05, 3.63) is 33.9 Å². The number of amides is 5. The van der Waals surface area contributed by atoms with E-state index in [1.54, 1.807) is 4.90 Å². The summed E-state index contributed by atoms with van der Waals surface area (Å²) in [6.07, 6.45) is 1.68. The van der Waals surface area contributed by atoms with Crippen molar-refractivity contribution in [2.45, 2.75) is 44.9 Å². The molecule has 14 nitrogen and oxygen atoms in total. The summed E-state index contributed by atoms with van der Waals surface area (Å²) in [7, 11) is 0. The van der Waals surface area contributed by atoms with Crippen LogP contribution >= 0.6 is 0 Å². The van der Waals surface area contributed by atoms with E-state index in [0.717, 1.165) is 6.07 Å². The van der Waals surface area contributed by atoms with Gasteiger partial charge >= 0.3 is 5.97 Å². The fourth-order valence-electron chi connectivity index (χ4n) is 4.62. The standard InChI is InChI=1S/C24H27N5O9/c30-19(3-1-2-10-27-20(31)6-7-21(27)32)26-13-11-25(12-14-26)16-4-5-18(29(36)37)17(15-16)24(35)38-28-22(33)8-9-23(28)34/h4-5,15H,1-3,6-14H2. The number of carbonyl (C=O) groups is 6. The molecule has 1 aromatic carbocycles. The Morgan fingerprint density at radius 3 is 2.08 bits per heavy atom. The molecule has 0 aliphatic carbocycles. The minimum Gasteiger partial charge on any atom is -0.368 e. The summed E-state index contributed by atoms with van der Waals surface area (Å²) in [5, 5.41) is 11.8. The average Bonchev–Trinajstić information content (AvgIpc) is 3.40. The van der Waals surface area contributed by atoms with Crippen molar-refractivity contribution in [3.8, 4) is 0 Å². The van der Waals surface area contributed by atoms with Crippen molar-refractivity contribution in [1.82, 2.24) is 14.9 Å². The SMILES string of the molecule is O=C(ON1C(=O)CCC1=O)c1cc(N2CCN(C(=O)CCCCN3C(=O)CCC3=O)CC2)ccc1[N+](=O)[O-]. The van der Waals surface area contributed by atoms with Gasteiger partial charge in [-0.15, -0.1) is 5.06 Å². The maximum atomic E-state index is 12.7. The Hall–Kier alpha value is -4.36. The van der Waals surface area contributed by atoms with Gasteiger partial charge in [0.05, 0.1) is 4.92 Å². The summed E-state index contributed by atoms with van der Waals surface area (Å²) >= 11 is 0. The van der Waals surface area contributed by atoms with Gasteiger partial charge in [-0.05, 0) is 25.0 Å². The van der Waals surface area contributed by atoms with Crippen LogP contribution in [0.15, 0.2) is 18.2 Å². The number of anilines is 1. The number of piperazine rings is 1. The molecule has 3 aliphatic heterocycles. The van der Waals surface area contributed by atoms with Crippen LogP contribution < -0.4 is 4.90 Å². The highest BCUT2D eigenvalue weighted by Gasteiger charge is 2.35. The van der Waals surface area contributed by atoms with Crippen molar-refractivity contribution in [1.29, 1.82) is 0 Å². The Balaban J connectivity index is 1.31. The zero-order chi connectivity index (χ0) is 27.4. The molecule has 14 heteroatoms. The lowest BCUT2D eigenvalue weighted by Gasteiger charge is -2.36. The predicted molar refractivity (Wildman–Crippen MR) is 128 cm³/mol. The molecule has 0 unspecified atom stereocenters. The number of nitrogens with zero attached hydrogens (tertiary/aromatic N) is 5. The van der Waals surface area contributed by atoms with Gasteiger partial charge in [0.25, 0.3) is 17.5 Å². The van der Waals surface area contributed by atoms with Crippen molar-refractivity contribution in [3.63, 3.8) is 0 Å². The number of imide groups is 2. The quantitative estimate of drug-likeness (QED) is 0.193. The Morgan fingerprint density at radius 2 is 1.47 bits per heavy atom.